The van der Waals surface area contributed by atoms with Gasteiger partial charge in [-0.2, -0.15) is 0 Å². The standard InChI is InChI=1S/C9H18Cl2O3Si/c10-9(11,7-14-15)4-2-6-13-8-3-1-5-12-8/h8H,1-7H2,15H3. The van der Waals surface area contributed by atoms with E-state index in [4.69, 9.17) is 37.1 Å². The van der Waals surface area contributed by atoms with Crippen LogP contribution in [-0.4, -0.2) is 40.9 Å². The lowest BCUT2D eigenvalue weighted by molar-refractivity contribution is -0.111. The second-order valence-electron chi connectivity index (χ2n) is 3.71. The fraction of sp³-hybridized carbons (Fsp3) is 1.00. The molecule has 15 heavy (non-hydrogen) atoms. The van der Waals surface area contributed by atoms with E-state index in [9.17, 15) is 0 Å². The zero-order valence-corrected chi connectivity index (χ0v) is 12.5. The Bertz CT molecular complexity index is 175. The van der Waals surface area contributed by atoms with Crippen LogP contribution in [0.5, 0.6) is 0 Å². The molecule has 3 nitrogen and oxygen atoms in total. The summed E-state index contributed by atoms with van der Waals surface area (Å²) in [7, 11) is 0.666. The predicted octanol–water partition coefficient (Wildman–Crippen LogP) is 1.39. The van der Waals surface area contributed by atoms with Crippen LogP contribution in [0, 0.1) is 0 Å². The van der Waals surface area contributed by atoms with Crippen molar-refractivity contribution in [2.45, 2.75) is 36.3 Å². The molecule has 6 heteroatoms. The minimum absolute atomic E-state index is 0.0140. The monoisotopic (exact) mass is 272 g/mol. The van der Waals surface area contributed by atoms with Gasteiger partial charge in [-0.05, 0) is 19.3 Å². The molecule has 1 aliphatic heterocycles. The summed E-state index contributed by atoms with van der Waals surface area (Å²) in [5.74, 6) is 0. The Morgan fingerprint density at radius 3 is 2.87 bits per heavy atom. The van der Waals surface area contributed by atoms with Crippen molar-refractivity contribution in [3.05, 3.63) is 0 Å². The van der Waals surface area contributed by atoms with E-state index in [1.807, 2.05) is 0 Å². The molecule has 1 heterocycles. The van der Waals surface area contributed by atoms with E-state index in [-0.39, 0.29) is 6.29 Å². The van der Waals surface area contributed by atoms with Crippen LogP contribution in [0.25, 0.3) is 0 Å². The third-order valence-electron chi connectivity index (χ3n) is 2.23. The maximum atomic E-state index is 6.01. The first-order chi connectivity index (χ1) is 7.14. The number of hydrogen-bond donors (Lipinski definition) is 0. The van der Waals surface area contributed by atoms with Crippen molar-refractivity contribution in [1.29, 1.82) is 0 Å². The molecule has 1 rings (SSSR count). The molecule has 0 radical (unpaired) electrons. The summed E-state index contributed by atoms with van der Waals surface area (Å²) < 4.78 is 15.1. The molecule has 0 N–H and O–H groups in total. The molecule has 1 fully saturated rings. The summed E-state index contributed by atoms with van der Waals surface area (Å²) >= 11 is 12.0. The third kappa shape index (κ3) is 6.09. The van der Waals surface area contributed by atoms with Crippen molar-refractivity contribution in [3.63, 3.8) is 0 Å². The van der Waals surface area contributed by atoms with Gasteiger partial charge in [-0.1, -0.05) is 23.2 Å². The molecule has 90 valence electrons. The Balaban J connectivity index is 2.00. The summed E-state index contributed by atoms with van der Waals surface area (Å²) in [6, 6.07) is 0. The number of alkyl halides is 2. The first-order valence-corrected chi connectivity index (χ1v) is 6.81. The van der Waals surface area contributed by atoms with Crippen LogP contribution >= 0.6 is 23.2 Å². The smallest absolute Gasteiger partial charge is 0.157 e. The molecule has 1 aliphatic rings. The molecule has 1 atom stereocenters. The summed E-state index contributed by atoms with van der Waals surface area (Å²) in [6.07, 6.45) is 3.59. The first-order valence-electron chi connectivity index (χ1n) is 5.24. The number of hydrogen-bond acceptors (Lipinski definition) is 3. The molecule has 0 bridgehead atoms. The Morgan fingerprint density at radius 1 is 1.47 bits per heavy atom. The summed E-state index contributed by atoms with van der Waals surface area (Å²) in [4.78, 5) is 0. The second-order valence-corrected chi connectivity index (χ2v) is 5.92. The topological polar surface area (TPSA) is 27.7 Å². The van der Waals surface area contributed by atoms with Gasteiger partial charge in [0.1, 0.15) is 14.8 Å². The van der Waals surface area contributed by atoms with Crippen LogP contribution in [0.2, 0.25) is 0 Å². The highest BCUT2D eigenvalue weighted by Gasteiger charge is 2.23. The molecular weight excluding hydrogens is 255 g/mol. The van der Waals surface area contributed by atoms with Gasteiger partial charge in [0.15, 0.2) is 6.29 Å². The lowest BCUT2D eigenvalue weighted by atomic mass is 10.2. The number of ether oxygens (including phenoxy) is 2. The normalized spacial score (nSPS) is 22.4. The molecule has 0 aliphatic carbocycles. The fourth-order valence-electron chi connectivity index (χ4n) is 1.51. The van der Waals surface area contributed by atoms with E-state index in [1.165, 1.54) is 0 Å². The predicted molar refractivity (Wildman–Crippen MR) is 64.5 cm³/mol. The van der Waals surface area contributed by atoms with Crippen molar-refractivity contribution in [2.24, 2.45) is 0 Å². The van der Waals surface area contributed by atoms with Gasteiger partial charge in [0.25, 0.3) is 0 Å². The van der Waals surface area contributed by atoms with E-state index >= 15 is 0 Å². The molecule has 0 aromatic heterocycles. The highest BCUT2D eigenvalue weighted by molar-refractivity contribution is 6.48. The van der Waals surface area contributed by atoms with Crippen molar-refractivity contribution >= 4 is 33.7 Å². The lowest BCUT2D eigenvalue weighted by Gasteiger charge is -2.19. The van der Waals surface area contributed by atoms with Gasteiger partial charge in [0.2, 0.25) is 0 Å². The van der Waals surface area contributed by atoms with E-state index in [0.29, 0.717) is 30.1 Å². The van der Waals surface area contributed by atoms with Crippen LogP contribution in [0.4, 0.5) is 0 Å². The molecular formula is C9H18Cl2O3Si. The van der Waals surface area contributed by atoms with Gasteiger partial charge < -0.3 is 13.9 Å². The van der Waals surface area contributed by atoms with Gasteiger partial charge in [0.05, 0.1) is 6.61 Å². The third-order valence-corrected chi connectivity index (χ3v) is 3.12. The maximum Gasteiger partial charge on any atom is 0.157 e. The van der Waals surface area contributed by atoms with Crippen LogP contribution in [-0.2, 0) is 13.9 Å². The van der Waals surface area contributed by atoms with E-state index in [1.54, 1.807) is 0 Å². The van der Waals surface area contributed by atoms with E-state index < -0.39 is 4.33 Å². The molecule has 0 saturated carbocycles. The Morgan fingerprint density at radius 2 is 2.27 bits per heavy atom. The van der Waals surface area contributed by atoms with Crippen molar-refractivity contribution < 1.29 is 13.9 Å². The van der Waals surface area contributed by atoms with Crippen LogP contribution < -0.4 is 0 Å². The van der Waals surface area contributed by atoms with Crippen LogP contribution in [0.3, 0.4) is 0 Å². The van der Waals surface area contributed by atoms with Crippen molar-refractivity contribution in [2.75, 3.05) is 19.8 Å². The van der Waals surface area contributed by atoms with Gasteiger partial charge in [-0.25, -0.2) is 0 Å². The average molecular weight is 273 g/mol. The second kappa shape index (κ2) is 7.09. The van der Waals surface area contributed by atoms with Crippen molar-refractivity contribution in [3.8, 4) is 0 Å². The minimum Gasteiger partial charge on any atom is -0.425 e. The largest absolute Gasteiger partial charge is 0.425 e. The first kappa shape index (κ1) is 13.7. The lowest BCUT2D eigenvalue weighted by Crippen LogP contribution is -2.21. The quantitative estimate of drug-likeness (QED) is 0.398. The van der Waals surface area contributed by atoms with Crippen molar-refractivity contribution in [1.82, 2.24) is 0 Å². The fourth-order valence-corrected chi connectivity index (χ4v) is 2.85. The van der Waals surface area contributed by atoms with Crippen LogP contribution in [0.1, 0.15) is 25.7 Å². The average Bonchev–Trinajstić information content (AvgIpc) is 2.65. The highest BCUT2D eigenvalue weighted by Crippen LogP contribution is 2.27. The summed E-state index contributed by atoms with van der Waals surface area (Å²) in [5, 5.41) is 0. The molecule has 0 aromatic carbocycles. The van der Waals surface area contributed by atoms with Gasteiger partial charge in [-0.15, -0.1) is 0 Å². The molecule has 0 amide bonds. The number of rotatable bonds is 7. The highest BCUT2D eigenvalue weighted by atomic mass is 35.5. The molecule has 0 aromatic rings. The SMILES string of the molecule is [SiH3]OCC(Cl)(Cl)CCCOC1CCCO1. The summed E-state index contributed by atoms with van der Waals surface area (Å²) in [6.45, 7) is 1.86. The van der Waals surface area contributed by atoms with Gasteiger partial charge >= 0.3 is 0 Å². The molecule has 0 spiro atoms. The van der Waals surface area contributed by atoms with E-state index in [0.717, 1.165) is 25.9 Å². The maximum absolute atomic E-state index is 6.01. The minimum atomic E-state index is -0.762. The Kier molecular flexibility index (Phi) is 6.50. The Hall–Kier alpha value is 0.677. The molecule has 1 unspecified atom stereocenters. The van der Waals surface area contributed by atoms with E-state index in [2.05, 4.69) is 0 Å². The summed E-state index contributed by atoms with van der Waals surface area (Å²) in [5.41, 5.74) is 0. The van der Waals surface area contributed by atoms with Gasteiger partial charge in [-0.3, -0.25) is 0 Å². The zero-order chi connectivity index (χ0) is 11.1. The van der Waals surface area contributed by atoms with Crippen LogP contribution in [0.15, 0.2) is 0 Å². The number of halogens is 2. The van der Waals surface area contributed by atoms with Gasteiger partial charge in [0, 0.05) is 19.6 Å². The zero-order valence-electron chi connectivity index (χ0n) is 9.01. The molecule has 1 saturated heterocycles. The Labute approximate surface area is 104 Å².